The molecule has 0 radical (unpaired) electrons. The van der Waals surface area contributed by atoms with Gasteiger partial charge in [-0.1, -0.05) is 47.5 Å². The summed E-state index contributed by atoms with van der Waals surface area (Å²) < 4.78 is 33.6. The van der Waals surface area contributed by atoms with Gasteiger partial charge in [0.15, 0.2) is 0 Å². The van der Waals surface area contributed by atoms with E-state index in [0.717, 1.165) is 39.8 Å². The zero-order chi connectivity index (χ0) is 25.7. The fourth-order valence-electron chi connectivity index (χ4n) is 3.92. The number of hydrogen-bond donors (Lipinski definition) is 1. The fraction of sp³-hybridized carbons (Fsp3) is 0.296. The molecule has 4 rings (SSSR count). The molecule has 7 nitrogen and oxygen atoms in total. The number of nitrogens with one attached hydrogen (secondary N) is 1. The van der Waals surface area contributed by atoms with Gasteiger partial charge in [-0.15, -0.1) is 0 Å². The monoisotopic (exact) mass is 527 g/mol. The highest BCUT2D eigenvalue weighted by molar-refractivity contribution is 7.92. The maximum atomic E-state index is 13.5. The Bertz CT molecular complexity index is 1310. The molecule has 0 unspecified atom stereocenters. The molecule has 0 spiro atoms. The Labute approximate surface area is 217 Å². The van der Waals surface area contributed by atoms with E-state index in [9.17, 15) is 13.2 Å². The molecule has 0 atom stereocenters. The molecule has 9 heteroatoms. The second-order valence-corrected chi connectivity index (χ2v) is 11.1. The Hall–Kier alpha value is -3.07. The first-order chi connectivity index (χ1) is 17.2. The van der Waals surface area contributed by atoms with E-state index < -0.39 is 15.9 Å². The predicted molar refractivity (Wildman–Crippen MR) is 143 cm³/mol. The van der Waals surface area contributed by atoms with E-state index in [1.165, 1.54) is 0 Å². The lowest BCUT2D eigenvalue weighted by molar-refractivity contribution is -0.119. The number of aryl methyl sites for hydroxylation is 2. The second kappa shape index (κ2) is 11.3. The maximum absolute atomic E-state index is 13.5. The highest BCUT2D eigenvalue weighted by Gasteiger charge is 2.27. The molecule has 1 heterocycles. The van der Waals surface area contributed by atoms with Crippen molar-refractivity contribution in [2.75, 3.05) is 42.1 Å². The Kier molecular flexibility index (Phi) is 8.18. The van der Waals surface area contributed by atoms with Crippen molar-refractivity contribution in [3.8, 4) is 0 Å². The molecule has 0 aromatic heterocycles. The van der Waals surface area contributed by atoms with Crippen molar-refractivity contribution >= 4 is 38.9 Å². The molecule has 36 heavy (non-hydrogen) atoms. The minimum absolute atomic E-state index is 0.108. The van der Waals surface area contributed by atoms with E-state index in [0.29, 0.717) is 23.9 Å². The first-order valence-electron chi connectivity index (χ1n) is 11.8. The zero-order valence-electron chi connectivity index (χ0n) is 20.4. The quantitative estimate of drug-likeness (QED) is 0.472. The van der Waals surface area contributed by atoms with Gasteiger partial charge >= 0.3 is 0 Å². The molecular weight excluding hydrogens is 498 g/mol. The summed E-state index contributed by atoms with van der Waals surface area (Å²) >= 11 is 6.29. The molecule has 3 aromatic rings. The molecule has 1 aliphatic rings. The van der Waals surface area contributed by atoms with E-state index in [1.807, 2.05) is 38.1 Å². The lowest BCUT2D eigenvalue weighted by Gasteiger charge is -2.29. The van der Waals surface area contributed by atoms with Gasteiger partial charge in [-0.3, -0.25) is 9.10 Å². The number of hydrogen-bond acceptors (Lipinski definition) is 5. The molecule has 1 amide bonds. The van der Waals surface area contributed by atoms with Crippen molar-refractivity contribution in [1.82, 2.24) is 5.32 Å². The van der Waals surface area contributed by atoms with Crippen LogP contribution in [0.5, 0.6) is 0 Å². The molecule has 1 fully saturated rings. The number of rotatable bonds is 8. The van der Waals surface area contributed by atoms with Gasteiger partial charge < -0.3 is 15.0 Å². The molecule has 1 saturated heterocycles. The van der Waals surface area contributed by atoms with Gasteiger partial charge in [0.25, 0.3) is 10.0 Å². The van der Waals surface area contributed by atoms with Crippen molar-refractivity contribution in [1.29, 1.82) is 0 Å². The molecular formula is C27H30ClN3O4S. The first kappa shape index (κ1) is 26.0. The zero-order valence-corrected chi connectivity index (χ0v) is 22.0. The normalized spacial score (nSPS) is 13.9. The standard InChI is InChI=1S/C27H30ClN3O4S/c1-20-3-11-25(12-4-20)36(33,34)31(24-8-5-21(2)26(28)17-24)19-27(32)29-18-22-6-9-23(10-7-22)30-13-15-35-16-14-30/h3-12,17H,13-16,18-19H2,1-2H3,(H,29,32). The predicted octanol–water partition coefficient (Wildman–Crippen LogP) is 4.31. The third kappa shape index (κ3) is 6.19. The van der Waals surface area contributed by atoms with Crippen LogP contribution in [-0.2, 0) is 26.1 Å². The van der Waals surface area contributed by atoms with Gasteiger partial charge in [0.05, 0.1) is 23.8 Å². The van der Waals surface area contributed by atoms with Crippen LogP contribution < -0.4 is 14.5 Å². The Balaban J connectivity index is 1.49. The average Bonchev–Trinajstić information content (AvgIpc) is 2.89. The summed E-state index contributed by atoms with van der Waals surface area (Å²) in [5.41, 5.74) is 4.12. The molecule has 1 N–H and O–H groups in total. The van der Waals surface area contributed by atoms with Crippen LogP contribution in [0.1, 0.15) is 16.7 Å². The number of halogens is 1. The summed E-state index contributed by atoms with van der Waals surface area (Å²) in [6.45, 7) is 6.76. The molecule has 1 aliphatic heterocycles. The van der Waals surface area contributed by atoms with Gasteiger partial charge in [-0.05, 0) is 61.4 Å². The molecule has 0 bridgehead atoms. The number of carbonyl (C=O) groups excluding carboxylic acids is 1. The van der Waals surface area contributed by atoms with Gasteiger partial charge in [0.2, 0.25) is 5.91 Å². The lowest BCUT2D eigenvalue weighted by Crippen LogP contribution is -2.40. The number of sulfonamides is 1. The molecule has 3 aromatic carbocycles. The van der Waals surface area contributed by atoms with Gasteiger partial charge in [-0.2, -0.15) is 0 Å². The number of carbonyl (C=O) groups is 1. The summed E-state index contributed by atoms with van der Waals surface area (Å²) in [7, 11) is -4.00. The highest BCUT2D eigenvalue weighted by atomic mass is 35.5. The van der Waals surface area contributed by atoms with Crippen LogP contribution in [0.15, 0.2) is 71.6 Å². The van der Waals surface area contributed by atoms with Crippen molar-refractivity contribution < 1.29 is 17.9 Å². The first-order valence-corrected chi connectivity index (χ1v) is 13.6. The Morgan fingerprint density at radius 2 is 1.67 bits per heavy atom. The summed E-state index contributed by atoms with van der Waals surface area (Å²) in [5.74, 6) is -0.417. The molecule has 190 valence electrons. The largest absolute Gasteiger partial charge is 0.378 e. The van der Waals surface area contributed by atoms with E-state index in [-0.39, 0.29) is 18.0 Å². The minimum Gasteiger partial charge on any atom is -0.378 e. The number of morpholine rings is 1. The van der Waals surface area contributed by atoms with Crippen molar-refractivity contribution in [2.45, 2.75) is 25.3 Å². The number of amides is 1. The van der Waals surface area contributed by atoms with Crippen LogP contribution in [0.3, 0.4) is 0 Å². The van der Waals surface area contributed by atoms with Gasteiger partial charge in [0, 0.05) is 30.3 Å². The highest BCUT2D eigenvalue weighted by Crippen LogP contribution is 2.28. The van der Waals surface area contributed by atoms with E-state index >= 15 is 0 Å². The lowest BCUT2D eigenvalue weighted by atomic mass is 10.2. The minimum atomic E-state index is -4.00. The fourth-order valence-corrected chi connectivity index (χ4v) is 5.51. The maximum Gasteiger partial charge on any atom is 0.264 e. The SMILES string of the molecule is Cc1ccc(S(=O)(=O)N(CC(=O)NCc2ccc(N3CCOCC3)cc2)c2ccc(C)c(Cl)c2)cc1. The smallest absolute Gasteiger partial charge is 0.264 e. The number of nitrogens with zero attached hydrogens (tertiary/aromatic N) is 2. The summed E-state index contributed by atoms with van der Waals surface area (Å²) in [6.07, 6.45) is 0. The molecule has 0 aliphatic carbocycles. The van der Waals surface area contributed by atoms with Crippen LogP contribution in [0, 0.1) is 13.8 Å². The third-order valence-corrected chi connectivity index (χ3v) is 8.34. The van der Waals surface area contributed by atoms with Crippen LogP contribution >= 0.6 is 11.6 Å². The summed E-state index contributed by atoms with van der Waals surface area (Å²) in [4.78, 5) is 15.3. The van der Waals surface area contributed by atoms with Crippen LogP contribution in [0.2, 0.25) is 5.02 Å². The summed E-state index contributed by atoms with van der Waals surface area (Å²) in [5, 5.41) is 3.27. The van der Waals surface area contributed by atoms with E-state index in [4.69, 9.17) is 16.3 Å². The average molecular weight is 528 g/mol. The molecule has 0 saturated carbocycles. The van der Waals surface area contributed by atoms with Crippen LogP contribution in [-0.4, -0.2) is 47.2 Å². The second-order valence-electron chi connectivity index (χ2n) is 8.80. The van der Waals surface area contributed by atoms with E-state index in [1.54, 1.807) is 42.5 Å². The van der Waals surface area contributed by atoms with Crippen LogP contribution in [0.25, 0.3) is 0 Å². The van der Waals surface area contributed by atoms with Crippen molar-refractivity contribution in [2.24, 2.45) is 0 Å². The van der Waals surface area contributed by atoms with Crippen molar-refractivity contribution in [3.63, 3.8) is 0 Å². The van der Waals surface area contributed by atoms with Crippen molar-refractivity contribution in [3.05, 3.63) is 88.4 Å². The number of ether oxygens (including phenoxy) is 1. The Morgan fingerprint density at radius 1 is 1.00 bits per heavy atom. The van der Waals surface area contributed by atoms with Crippen LogP contribution in [0.4, 0.5) is 11.4 Å². The van der Waals surface area contributed by atoms with E-state index in [2.05, 4.69) is 10.2 Å². The topological polar surface area (TPSA) is 79.0 Å². The number of anilines is 2. The third-order valence-electron chi connectivity index (χ3n) is 6.14. The van der Waals surface area contributed by atoms with Gasteiger partial charge in [-0.25, -0.2) is 8.42 Å². The summed E-state index contributed by atoms with van der Waals surface area (Å²) in [6, 6.07) is 19.5. The number of benzene rings is 3. The Morgan fingerprint density at radius 3 is 2.31 bits per heavy atom. The van der Waals surface area contributed by atoms with Gasteiger partial charge in [0.1, 0.15) is 6.54 Å².